The highest BCUT2D eigenvalue weighted by molar-refractivity contribution is 5.70. The summed E-state index contributed by atoms with van der Waals surface area (Å²) >= 11 is 0. The number of ether oxygens (including phenoxy) is 1. The second kappa shape index (κ2) is 6.10. The van der Waals surface area contributed by atoms with Crippen molar-refractivity contribution in [2.45, 2.75) is 26.9 Å². The largest absolute Gasteiger partial charge is 0.490 e. The van der Waals surface area contributed by atoms with E-state index in [1.165, 1.54) is 0 Å². The van der Waals surface area contributed by atoms with Crippen LogP contribution >= 0.6 is 0 Å². The van der Waals surface area contributed by atoms with Gasteiger partial charge >= 0.3 is 0 Å². The van der Waals surface area contributed by atoms with Crippen LogP contribution in [0.15, 0.2) is 54.6 Å². The van der Waals surface area contributed by atoms with E-state index in [1.54, 1.807) is 0 Å². The Kier molecular flexibility index (Phi) is 4.46. The molecule has 0 aliphatic rings. The van der Waals surface area contributed by atoms with E-state index < -0.39 is 6.10 Å². The summed E-state index contributed by atoms with van der Waals surface area (Å²) in [4.78, 5) is 0. The number of benzene rings is 2. The molecule has 0 saturated carbocycles. The third kappa shape index (κ3) is 3.61. The van der Waals surface area contributed by atoms with Crippen molar-refractivity contribution < 1.29 is 9.84 Å². The van der Waals surface area contributed by atoms with Crippen LogP contribution in [-0.4, -0.2) is 17.8 Å². The molecule has 2 nitrogen and oxygen atoms in total. The zero-order chi connectivity index (χ0) is 14.6. The summed E-state index contributed by atoms with van der Waals surface area (Å²) in [7, 11) is 0. The Labute approximate surface area is 121 Å². The zero-order valence-corrected chi connectivity index (χ0v) is 12.3. The number of hydrogen-bond acceptors (Lipinski definition) is 2. The average molecular weight is 270 g/mol. The lowest BCUT2D eigenvalue weighted by Crippen LogP contribution is -2.32. The minimum atomic E-state index is -0.494. The number of rotatable bonds is 4. The second-order valence-electron chi connectivity index (χ2n) is 6.06. The van der Waals surface area contributed by atoms with Crippen LogP contribution in [0.4, 0.5) is 0 Å². The van der Waals surface area contributed by atoms with Gasteiger partial charge in [0.15, 0.2) is 0 Å². The first kappa shape index (κ1) is 14.6. The zero-order valence-electron chi connectivity index (χ0n) is 12.3. The van der Waals surface area contributed by atoms with E-state index in [-0.39, 0.29) is 5.41 Å². The Hall–Kier alpha value is -1.80. The molecule has 2 heteroatoms. The molecule has 0 heterocycles. The highest BCUT2D eigenvalue weighted by atomic mass is 16.5. The van der Waals surface area contributed by atoms with Crippen LogP contribution in [0, 0.1) is 5.41 Å². The quantitative estimate of drug-likeness (QED) is 0.904. The average Bonchev–Trinajstić information content (AvgIpc) is 2.45. The van der Waals surface area contributed by atoms with Crippen molar-refractivity contribution in [3.05, 3.63) is 54.6 Å². The van der Waals surface area contributed by atoms with Gasteiger partial charge in [-0.1, -0.05) is 69.3 Å². The van der Waals surface area contributed by atoms with Gasteiger partial charge in [-0.25, -0.2) is 0 Å². The van der Waals surface area contributed by atoms with Gasteiger partial charge in [0.1, 0.15) is 12.4 Å². The van der Waals surface area contributed by atoms with Crippen LogP contribution in [0.2, 0.25) is 0 Å². The molecule has 0 radical (unpaired) electrons. The molecule has 0 saturated heterocycles. The Bertz CT molecular complexity index is 541. The fourth-order valence-electron chi connectivity index (χ4n) is 1.87. The number of aliphatic hydroxyl groups is 1. The van der Waals surface area contributed by atoms with Crippen molar-refractivity contribution in [1.29, 1.82) is 0 Å². The molecule has 2 aromatic rings. The van der Waals surface area contributed by atoms with Crippen LogP contribution in [-0.2, 0) is 0 Å². The van der Waals surface area contributed by atoms with Gasteiger partial charge in [-0.05, 0) is 17.0 Å². The van der Waals surface area contributed by atoms with E-state index in [1.807, 2.05) is 63.2 Å². The van der Waals surface area contributed by atoms with Crippen molar-refractivity contribution >= 4 is 0 Å². The van der Waals surface area contributed by atoms with E-state index in [9.17, 15) is 5.11 Å². The predicted molar refractivity (Wildman–Crippen MR) is 82.8 cm³/mol. The SMILES string of the molecule is CC(C)(C)C(O)COc1ccccc1-c1ccccc1. The van der Waals surface area contributed by atoms with Gasteiger partial charge in [-0.2, -0.15) is 0 Å². The topological polar surface area (TPSA) is 29.5 Å². The predicted octanol–water partition coefficient (Wildman–Crippen LogP) is 4.14. The first-order valence-corrected chi connectivity index (χ1v) is 6.94. The molecule has 0 spiro atoms. The maximum atomic E-state index is 10.1. The minimum absolute atomic E-state index is 0.179. The maximum Gasteiger partial charge on any atom is 0.127 e. The van der Waals surface area contributed by atoms with E-state index in [2.05, 4.69) is 12.1 Å². The van der Waals surface area contributed by atoms with Gasteiger partial charge in [-0.3, -0.25) is 0 Å². The molecule has 20 heavy (non-hydrogen) atoms. The Morgan fingerprint density at radius 3 is 2.20 bits per heavy atom. The molecule has 2 aromatic carbocycles. The lowest BCUT2D eigenvalue weighted by atomic mass is 9.90. The minimum Gasteiger partial charge on any atom is -0.490 e. The molecule has 0 amide bonds. The molecular weight excluding hydrogens is 248 g/mol. The molecule has 0 fully saturated rings. The lowest BCUT2D eigenvalue weighted by molar-refractivity contribution is 0.0220. The van der Waals surface area contributed by atoms with E-state index in [4.69, 9.17) is 4.74 Å². The summed E-state index contributed by atoms with van der Waals surface area (Å²) < 4.78 is 5.83. The lowest BCUT2D eigenvalue weighted by Gasteiger charge is -2.26. The summed E-state index contributed by atoms with van der Waals surface area (Å²) in [5.41, 5.74) is 1.99. The fraction of sp³-hybridized carbons (Fsp3) is 0.333. The van der Waals surface area contributed by atoms with Gasteiger partial charge in [0.25, 0.3) is 0 Å². The summed E-state index contributed by atoms with van der Waals surface area (Å²) in [6, 6.07) is 18.1. The first-order valence-electron chi connectivity index (χ1n) is 6.94. The van der Waals surface area contributed by atoms with E-state index in [0.717, 1.165) is 16.9 Å². The summed E-state index contributed by atoms with van der Waals surface area (Å²) in [5, 5.41) is 10.1. The Morgan fingerprint density at radius 2 is 1.55 bits per heavy atom. The summed E-state index contributed by atoms with van der Waals surface area (Å²) in [6.45, 7) is 6.31. The molecule has 1 atom stereocenters. The number of aliphatic hydroxyl groups excluding tert-OH is 1. The van der Waals surface area contributed by atoms with Crippen molar-refractivity contribution in [2.24, 2.45) is 5.41 Å². The van der Waals surface area contributed by atoms with Gasteiger partial charge in [-0.15, -0.1) is 0 Å². The van der Waals surface area contributed by atoms with Crippen LogP contribution < -0.4 is 4.74 Å². The number of hydrogen-bond donors (Lipinski definition) is 1. The second-order valence-corrected chi connectivity index (χ2v) is 6.06. The Morgan fingerprint density at radius 1 is 0.950 bits per heavy atom. The third-order valence-corrected chi connectivity index (χ3v) is 3.37. The van der Waals surface area contributed by atoms with Crippen molar-refractivity contribution in [3.8, 4) is 16.9 Å². The monoisotopic (exact) mass is 270 g/mol. The van der Waals surface area contributed by atoms with E-state index >= 15 is 0 Å². The summed E-state index contributed by atoms with van der Waals surface area (Å²) in [5.74, 6) is 0.807. The fourth-order valence-corrected chi connectivity index (χ4v) is 1.87. The third-order valence-electron chi connectivity index (χ3n) is 3.37. The van der Waals surface area contributed by atoms with Gasteiger partial charge in [0.2, 0.25) is 0 Å². The highest BCUT2D eigenvalue weighted by Crippen LogP contribution is 2.30. The normalized spacial score (nSPS) is 13.0. The smallest absolute Gasteiger partial charge is 0.127 e. The summed E-state index contributed by atoms with van der Waals surface area (Å²) in [6.07, 6.45) is -0.494. The van der Waals surface area contributed by atoms with E-state index in [0.29, 0.717) is 6.61 Å². The van der Waals surface area contributed by atoms with Crippen LogP contribution in [0.3, 0.4) is 0 Å². The molecule has 106 valence electrons. The van der Waals surface area contributed by atoms with Crippen molar-refractivity contribution in [3.63, 3.8) is 0 Å². The molecule has 0 bridgehead atoms. The molecule has 1 N–H and O–H groups in total. The van der Waals surface area contributed by atoms with Crippen LogP contribution in [0.1, 0.15) is 20.8 Å². The van der Waals surface area contributed by atoms with Crippen LogP contribution in [0.25, 0.3) is 11.1 Å². The number of para-hydroxylation sites is 1. The van der Waals surface area contributed by atoms with Gasteiger partial charge in [0, 0.05) is 5.56 Å². The Balaban J connectivity index is 2.17. The molecular formula is C18H22O2. The van der Waals surface area contributed by atoms with Crippen molar-refractivity contribution in [1.82, 2.24) is 0 Å². The van der Waals surface area contributed by atoms with Crippen molar-refractivity contribution in [2.75, 3.05) is 6.61 Å². The molecule has 2 rings (SSSR count). The first-order chi connectivity index (χ1) is 9.48. The highest BCUT2D eigenvalue weighted by Gasteiger charge is 2.23. The molecule has 0 aliphatic heterocycles. The molecule has 1 unspecified atom stereocenters. The van der Waals surface area contributed by atoms with Crippen LogP contribution in [0.5, 0.6) is 5.75 Å². The molecule has 0 aromatic heterocycles. The van der Waals surface area contributed by atoms with Gasteiger partial charge < -0.3 is 9.84 Å². The van der Waals surface area contributed by atoms with Gasteiger partial charge in [0.05, 0.1) is 6.10 Å². The standard InChI is InChI=1S/C18H22O2/c1-18(2,3)17(19)13-20-16-12-8-7-11-15(16)14-9-5-4-6-10-14/h4-12,17,19H,13H2,1-3H3. The maximum absolute atomic E-state index is 10.1. The molecule has 0 aliphatic carbocycles.